The molecular weight excluding hydrogens is 240 g/mol. The van der Waals surface area contributed by atoms with Gasteiger partial charge in [0.15, 0.2) is 0 Å². The number of rotatable bonds is 2. The summed E-state index contributed by atoms with van der Waals surface area (Å²) >= 11 is 0. The number of nitrogens with zero attached hydrogens (tertiary/aromatic N) is 2. The Morgan fingerprint density at radius 1 is 0.895 bits per heavy atom. The van der Waals surface area contributed by atoms with Crippen molar-refractivity contribution in [1.82, 2.24) is 4.98 Å². The van der Waals surface area contributed by atoms with E-state index < -0.39 is 0 Å². The van der Waals surface area contributed by atoms with E-state index in [1.54, 1.807) is 18.3 Å². The summed E-state index contributed by atoms with van der Waals surface area (Å²) in [6.07, 6.45) is 1.61. The van der Waals surface area contributed by atoms with Crippen molar-refractivity contribution in [2.45, 2.75) is 0 Å². The molecule has 0 spiro atoms. The molecule has 0 atom stereocenters. The number of aromatic nitrogens is 1. The lowest BCUT2D eigenvalue weighted by Crippen LogP contribution is -1.91. The number of benzene rings is 2. The van der Waals surface area contributed by atoms with E-state index in [9.17, 15) is 10.1 Å². The van der Waals surface area contributed by atoms with Gasteiger partial charge < -0.3 is 0 Å². The van der Waals surface area contributed by atoms with Crippen LogP contribution in [-0.4, -0.2) is 9.91 Å². The summed E-state index contributed by atoms with van der Waals surface area (Å²) in [6, 6.07) is 16.4. The van der Waals surface area contributed by atoms with Crippen LogP contribution in [0.15, 0.2) is 60.8 Å². The average molecular weight is 250 g/mol. The van der Waals surface area contributed by atoms with Crippen molar-refractivity contribution in [2.24, 2.45) is 0 Å². The molecule has 1 aromatic heterocycles. The average Bonchev–Trinajstić information content (AvgIpc) is 2.46. The zero-order valence-corrected chi connectivity index (χ0v) is 9.98. The lowest BCUT2D eigenvalue weighted by Gasteiger charge is -2.05. The molecule has 3 aromatic rings. The highest BCUT2D eigenvalue weighted by atomic mass is 16.6. The third-order valence-corrected chi connectivity index (χ3v) is 3.03. The van der Waals surface area contributed by atoms with Crippen molar-refractivity contribution in [1.29, 1.82) is 0 Å². The number of non-ortho nitro benzene ring substituents is 1. The van der Waals surface area contributed by atoms with Gasteiger partial charge in [-0.05, 0) is 6.07 Å². The van der Waals surface area contributed by atoms with E-state index in [2.05, 4.69) is 4.98 Å². The highest BCUT2D eigenvalue weighted by Crippen LogP contribution is 2.31. The SMILES string of the molecule is O=[N+]([O-])c1cccc2c(-c3ccccc3)nccc12. The molecule has 4 nitrogen and oxygen atoms in total. The highest BCUT2D eigenvalue weighted by molar-refractivity contribution is 5.99. The minimum atomic E-state index is -0.364. The lowest BCUT2D eigenvalue weighted by molar-refractivity contribution is -0.383. The summed E-state index contributed by atoms with van der Waals surface area (Å²) in [6.45, 7) is 0. The molecule has 0 bridgehead atoms. The number of hydrogen-bond donors (Lipinski definition) is 0. The summed E-state index contributed by atoms with van der Waals surface area (Å²) in [4.78, 5) is 15.0. The molecule has 0 saturated carbocycles. The monoisotopic (exact) mass is 250 g/mol. The van der Waals surface area contributed by atoms with Gasteiger partial charge in [0.2, 0.25) is 0 Å². The summed E-state index contributed by atoms with van der Waals surface area (Å²) in [7, 11) is 0. The standard InChI is InChI=1S/C15H10N2O2/c18-17(19)14-8-4-7-13-12(14)9-10-16-15(13)11-5-2-1-3-6-11/h1-10H. The minimum absolute atomic E-state index is 0.108. The molecule has 0 aliphatic rings. The maximum atomic E-state index is 11.0. The van der Waals surface area contributed by atoms with Crippen LogP contribution >= 0.6 is 0 Å². The van der Waals surface area contributed by atoms with Crippen LogP contribution < -0.4 is 0 Å². The molecule has 2 aromatic carbocycles. The van der Waals surface area contributed by atoms with Crippen LogP contribution in [0.5, 0.6) is 0 Å². The fourth-order valence-corrected chi connectivity index (χ4v) is 2.18. The minimum Gasteiger partial charge on any atom is -0.258 e. The van der Waals surface area contributed by atoms with Gasteiger partial charge in [-0.15, -0.1) is 0 Å². The van der Waals surface area contributed by atoms with Gasteiger partial charge in [-0.2, -0.15) is 0 Å². The van der Waals surface area contributed by atoms with E-state index >= 15 is 0 Å². The Morgan fingerprint density at radius 2 is 1.68 bits per heavy atom. The zero-order valence-electron chi connectivity index (χ0n) is 9.98. The summed E-state index contributed by atoms with van der Waals surface area (Å²) < 4.78 is 0. The second-order valence-corrected chi connectivity index (χ2v) is 4.15. The summed E-state index contributed by atoms with van der Waals surface area (Å²) in [5.74, 6) is 0. The molecular formula is C15H10N2O2. The molecule has 4 heteroatoms. The first-order valence-electron chi connectivity index (χ1n) is 5.85. The summed E-state index contributed by atoms with van der Waals surface area (Å²) in [5, 5.41) is 12.5. The number of nitro benzene ring substituents is 1. The Morgan fingerprint density at radius 3 is 2.42 bits per heavy atom. The van der Waals surface area contributed by atoms with E-state index in [1.165, 1.54) is 6.07 Å². The van der Waals surface area contributed by atoms with Gasteiger partial charge in [0.05, 0.1) is 16.0 Å². The van der Waals surface area contributed by atoms with Crippen LogP contribution in [0.3, 0.4) is 0 Å². The van der Waals surface area contributed by atoms with Crippen molar-refractivity contribution >= 4 is 16.5 Å². The highest BCUT2D eigenvalue weighted by Gasteiger charge is 2.14. The topological polar surface area (TPSA) is 56.0 Å². The van der Waals surface area contributed by atoms with Gasteiger partial charge in [0.1, 0.15) is 0 Å². The Hall–Kier alpha value is -2.75. The predicted octanol–water partition coefficient (Wildman–Crippen LogP) is 3.81. The van der Waals surface area contributed by atoms with Crippen LogP contribution in [0.25, 0.3) is 22.0 Å². The number of pyridine rings is 1. The first-order valence-corrected chi connectivity index (χ1v) is 5.85. The maximum Gasteiger partial charge on any atom is 0.277 e. The molecule has 3 rings (SSSR count). The molecule has 0 radical (unpaired) electrons. The van der Waals surface area contributed by atoms with Crippen molar-refractivity contribution in [3.63, 3.8) is 0 Å². The largest absolute Gasteiger partial charge is 0.277 e. The maximum absolute atomic E-state index is 11.0. The van der Waals surface area contributed by atoms with E-state index in [4.69, 9.17) is 0 Å². The molecule has 0 saturated heterocycles. The molecule has 0 amide bonds. The van der Waals surface area contributed by atoms with Gasteiger partial charge in [0, 0.05) is 23.2 Å². The normalized spacial score (nSPS) is 10.5. The second-order valence-electron chi connectivity index (χ2n) is 4.15. The molecule has 0 fully saturated rings. The smallest absolute Gasteiger partial charge is 0.258 e. The Balaban J connectivity index is 2.34. The molecule has 0 aliphatic heterocycles. The molecule has 1 heterocycles. The summed E-state index contributed by atoms with van der Waals surface area (Å²) in [5.41, 5.74) is 1.83. The van der Waals surface area contributed by atoms with Crippen molar-refractivity contribution in [2.75, 3.05) is 0 Å². The number of fused-ring (bicyclic) bond motifs is 1. The first-order chi connectivity index (χ1) is 9.27. The Bertz CT molecular complexity index is 754. The third-order valence-electron chi connectivity index (χ3n) is 3.03. The van der Waals surface area contributed by atoms with Crippen molar-refractivity contribution < 1.29 is 4.92 Å². The Kier molecular flexibility index (Phi) is 2.68. The number of nitro groups is 1. The van der Waals surface area contributed by atoms with Crippen LogP contribution in [-0.2, 0) is 0 Å². The van der Waals surface area contributed by atoms with Gasteiger partial charge in [0.25, 0.3) is 5.69 Å². The predicted molar refractivity (Wildman–Crippen MR) is 73.8 cm³/mol. The molecule has 0 aliphatic carbocycles. The zero-order chi connectivity index (χ0) is 13.2. The quantitative estimate of drug-likeness (QED) is 0.513. The van der Waals surface area contributed by atoms with Gasteiger partial charge in [-0.25, -0.2) is 0 Å². The third kappa shape index (κ3) is 1.93. The van der Waals surface area contributed by atoms with Crippen LogP contribution in [0.4, 0.5) is 5.69 Å². The van der Waals surface area contributed by atoms with Gasteiger partial charge in [-0.3, -0.25) is 15.1 Å². The lowest BCUT2D eigenvalue weighted by atomic mass is 10.0. The van der Waals surface area contributed by atoms with E-state index in [1.807, 2.05) is 36.4 Å². The van der Waals surface area contributed by atoms with Crippen LogP contribution in [0, 0.1) is 10.1 Å². The first kappa shape index (κ1) is 11.3. The second kappa shape index (κ2) is 4.49. The molecule has 0 N–H and O–H groups in total. The molecule has 92 valence electrons. The fraction of sp³-hybridized carbons (Fsp3) is 0. The van der Waals surface area contributed by atoms with Gasteiger partial charge >= 0.3 is 0 Å². The molecule has 19 heavy (non-hydrogen) atoms. The van der Waals surface area contributed by atoms with Crippen LogP contribution in [0.1, 0.15) is 0 Å². The van der Waals surface area contributed by atoms with Crippen molar-refractivity contribution in [3.05, 3.63) is 70.9 Å². The fourth-order valence-electron chi connectivity index (χ4n) is 2.18. The van der Waals surface area contributed by atoms with Crippen molar-refractivity contribution in [3.8, 4) is 11.3 Å². The van der Waals surface area contributed by atoms with E-state index in [0.29, 0.717) is 5.39 Å². The van der Waals surface area contributed by atoms with Gasteiger partial charge in [-0.1, -0.05) is 42.5 Å². The van der Waals surface area contributed by atoms with E-state index in [-0.39, 0.29) is 10.6 Å². The Labute approximate surface area is 109 Å². The van der Waals surface area contributed by atoms with E-state index in [0.717, 1.165) is 16.6 Å². The van der Waals surface area contributed by atoms with Crippen LogP contribution in [0.2, 0.25) is 0 Å². The number of hydrogen-bond acceptors (Lipinski definition) is 3. The molecule has 0 unspecified atom stereocenters.